The van der Waals surface area contributed by atoms with Gasteiger partial charge in [0.1, 0.15) is 11.3 Å². The Morgan fingerprint density at radius 2 is 2.08 bits per heavy atom. The lowest BCUT2D eigenvalue weighted by atomic mass is 9.84. The van der Waals surface area contributed by atoms with Gasteiger partial charge in [-0.2, -0.15) is 0 Å². The van der Waals surface area contributed by atoms with E-state index in [0.717, 1.165) is 24.1 Å². The number of rotatable bonds is 5. The number of benzene rings is 1. The molecule has 24 heavy (non-hydrogen) atoms. The van der Waals surface area contributed by atoms with Gasteiger partial charge in [0.2, 0.25) is 0 Å². The van der Waals surface area contributed by atoms with Crippen molar-refractivity contribution in [2.75, 3.05) is 6.61 Å². The van der Waals surface area contributed by atoms with Crippen molar-refractivity contribution >= 4 is 28.4 Å². The molecule has 1 fully saturated rings. The van der Waals surface area contributed by atoms with E-state index in [-0.39, 0.29) is 18.6 Å². The molecule has 0 radical (unpaired) electrons. The first-order chi connectivity index (χ1) is 11.7. The summed E-state index contributed by atoms with van der Waals surface area (Å²) in [6.45, 7) is 2.24. The molecule has 0 atom stereocenters. The van der Waals surface area contributed by atoms with Crippen LogP contribution in [-0.2, 0) is 4.79 Å². The Labute approximate surface area is 147 Å². The van der Waals surface area contributed by atoms with Gasteiger partial charge < -0.3 is 10.1 Å². The van der Waals surface area contributed by atoms with Crippen molar-refractivity contribution < 1.29 is 9.53 Å². The zero-order chi connectivity index (χ0) is 16.9. The molecule has 1 N–H and O–H groups in total. The Hall–Kier alpha value is -1.81. The van der Waals surface area contributed by atoms with Crippen molar-refractivity contribution in [3.63, 3.8) is 0 Å². The Kier molecular flexibility index (Phi) is 5.56. The lowest BCUT2D eigenvalue weighted by molar-refractivity contribution is -0.124. The smallest absolute Gasteiger partial charge is 0.258 e. The van der Waals surface area contributed by atoms with Crippen LogP contribution in [0, 0.1) is 5.92 Å². The van der Waals surface area contributed by atoms with E-state index in [1.165, 1.54) is 19.3 Å². The number of carbonyl (C=O) groups excluding carboxylic acids is 1. The number of ether oxygens (including phenoxy) is 1. The molecule has 1 amide bonds. The van der Waals surface area contributed by atoms with Crippen LogP contribution in [0.3, 0.4) is 0 Å². The largest absolute Gasteiger partial charge is 0.481 e. The molecule has 1 aliphatic rings. The number of hydrogen-bond donors (Lipinski definition) is 1. The van der Waals surface area contributed by atoms with Crippen molar-refractivity contribution in [3.05, 3.63) is 35.5 Å². The first-order valence-electron chi connectivity index (χ1n) is 8.62. The molecule has 1 aromatic carbocycles. The summed E-state index contributed by atoms with van der Waals surface area (Å²) in [4.78, 5) is 16.5. The molecule has 0 saturated heterocycles. The van der Waals surface area contributed by atoms with Crippen LogP contribution in [0.5, 0.6) is 5.75 Å². The van der Waals surface area contributed by atoms with E-state index < -0.39 is 0 Å². The van der Waals surface area contributed by atoms with Crippen LogP contribution in [0.1, 0.15) is 39.0 Å². The van der Waals surface area contributed by atoms with Gasteiger partial charge >= 0.3 is 0 Å². The number of nitrogens with zero attached hydrogens (tertiary/aromatic N) is 1. The van der Waals surface area contributed by atoms with Gasteiger partial charge in [-0.1, -0.05) is 24.9 Å². The molecular weight excluding hydrogens is 324 g/mol. The first-order valence-corrected chi connectivity index (χ1v) is 9.00. The molecule has 0 bridgehead atoms. The van der Waals surface area contributed by atoms with Gasteiger partial charge in [-0.15, -0.1) is 0 Å². The summed E-state index contributed by atoms with van der Waals surface area (Å²) in [7, 11) is 0. The summed E-state index contributed by atoms with van der Waals surface area (Å²) in [5.74, 6) is 1.33. The summed E-state index contributed by atoms with van der Waals surface area (Å²) < 4.78 is 5.69. The molecule has 0 aliphatic heterocycles. The molecule has 5 heteroatoms. The van der Waals surface area contributed by atoms with Gasteiger partial charge in [0.15, 0.2) is 6.61 Å². The highest BCUT2D eigenvalue weighted by Gasteiger charge is 2.21. The molecule has 0 spiro atoms. The van der Waals surface area contributed by atoms with Crippen LogP contribution >= 0.6 is 11.6 Å². The third-order valence-electron chi connectivity index (χ3n) is 4.83. The predicted octanol–water partition coefficient (Wildman–Crippen LogP) is 4.35. The van der Waals surface area contributed by atoms with Crippen molar-refractivity contribution in [2.24, 2.45) is 5.92 Å². The van der Waals surface area contributed by atoms with Crippen LogP contribution < -0.4 is 10.1 Å². The topological polar surface area (TPSA) is 51.2 Å². The number of halogens is 1. The van der Waals surface area contributed by atoms with Crippen molar-refractivity contribution in [3.8, 4) is 5.75 Å². The molecule has 128 valence electrons. The molecule has 1 aliphatic carbocycles. The summed E-state index contributed by atoms with van der Waals surface area (Å²) in [5.41, 5.74) is 0.682. The third-order valence-corrected chi connectivity index (χ3v) is 5.16. The van der Waals surface area contributed by atoms with Crippen LogP contribution in [0.4, 0.5) is 0 Å². The highest BCUT2D eigenvalue weighted by Crippen LogP contribution is 2.29. The van der Waals surface area contributed by atoms with Crippen molar-refractivity contribution in [2.45, 2.75) is 45.1 Å². The molecule has 2 aromatic rings. The van der Waals surface area contributed by atoms with E-state index >= 15 is 0 Å². The second kappa shape index (κ2) is 7.84. The van der Waals surface area contributed by atoms with Crippen molar-refractivity contribution in [1.82, 2.24) is 10.3 Å². The molecule has 1 heterocycles. The summed E-state index contributed by atoms with van der Waals surface area (Å²) in [5, 5.41) is 4.54. The maximum Gasteiger partial charge on any atom is 0.258 e. The van der Waals surface area contributed by atoms with Crippen LogP contribution in [0.15, 0.2) is 30.5 Å². The lowest BCUT2D eigenvalue weighted by Crippen LogP contribution is -2.40. The number of amides is 1. The van der Waals surface area contributed by atoms with Crippen molar-refractivity contribution in [1.29, 1.82) is 0 Å². The Morgan fingerprint density at radius 1 is 1.29 bits per heavy atom. The fraction of sp³-hybridized carbons (Fsp3) is 0.474. The Bertz CT molecular complexity index is 712. The lowest BCUT2D eigenvalue weighted by Gasteiger charge is -2.28. The number of carbonyl (C=O) groups is 1. The number of hydrogen-bond acceptors (Lipinski definition) is 3. The highest BCUT2D eigenvalue weighted by atomic mass is 35.5. The van der Waals surface area contributed by atoms with Gasteiger partial charge in [-0.05, 0) is 55.9 Å². The number of nitrogens with one attached hydrogen (secondary N) is 1. The highest BCUT2D eigenvalue weighted by molar-refractivity contribution is 6.35. The van der Waals surface area contributed by atoms with Crippen LogP contribution in [0.2, 0.25) is 5.02 Å². The quantitative estimate of drug-likeness (QED) is 0.875. The van der Waals surface area contributed by atoms with E-state index in [1.54, 1.807) is 18.3 Å². The van der Waals surface area contributed by atoms with E-state index in [9.17, 15) is 4.79 Å². The van der Waals surface area contributed by atoms with E-state index in [0.29, 0.717) is 16.3 Å². The van der Waals surface area contributed by atoms with Gasteiger partial charge in [-0.25, -0.2) is 0 Å². The normalized spacial score (nSPS) is 20.8. The minimum absolute atomic E-state index is 0.00100. The summed E-state index contributed by atoms with van der Waals surface area (Å²) >= 11 is 6.17. The average molecular weight is 347 g/mol. The van der Waals surface area contributed by atoms with E-state index in [2.05, 4.69) is 17.2 Å². The second-order valence-electron chi connectivity index (χ2n) is 6.43. The Morgan fingerprint density at radius 3 is 2.83 bits per heavy atom. The van der Waals surface area contributed by atoms with Crippen LogP contribution in [0.25, 0.3) is 10.9 Å². The van der Waals surface area contributed by atoms with E-state index in [4.69, 9.17) is 16.3 Å². The molecule has 1 saturated carbocycles. The standard InChI is InChI=1S/C19H23ClN2O2/c1-2-13-5-7-14(8-6-13)22-18(23)12-24-17-10-9-16(20)15-4-3-11-21-19(15)17/h3-4,9-11,13-14H,2,5-8,12H2,1H3,(H,22,23). The minimum atomic E-state index is -0.0750. The van der Waals surface area contributed by atoms with Gasteiger partial charge in [0, 0.05) is 17.6 Å². The zero-order valence-corrected chi connectivity index (χ0v) is 14.7. The van der Waals surface area contributed by atoms with Gasteiger partial charge in [0.25, 0.3) is 5.91 Å². The second-order valence-corrected chi connectivity index (χ2v) is 6.83. The first kappa shape index (κ1) is 17.0. The number of aromatic nitrogens is 1. The molecule has 0 unspecified atom stereocenters. The van der Waals surface area contributed by atoms with E-state index in [1.807, 2.05) is 12.1 Å². The molecular formula is C19H23ClN2O2. The molecule has 3 rings (SSSR count). The summed E-state index contributed by atoms with van der Waals surface area (Å²) in [6.07, 6.45) is 7.46. The molecule has 4 nitrogen and oxygen atoms in total. The maximum absolute atomic E-state index is 12.2. The monoisotopic (exact) mass is 346 g/mol. The minimum Gasteiger partial charge on any atom is -0.481 e. The fourth-order valence-corrected chi connectivity index (χ4v) is 3.57. The third kappa shape index (κ3) is 3.99. The van der Waals surface area contributed by atoms with Crippen LogP contribution in [-0.4, -0.2) is 23.5 Å². The zero-order valence-electron chi connectivity index (χ0n) is 13.9. The SMILES string of the molecule is CCC1CCC(NC(=O)COc2ccc(Cl)c3cccnc23)CC1. The predicted molar refractivity (Wildman–Crippen MR) is 96.4 cm³/mol. The summed E-state index contributed by atoms with van der Waals surface area (Å²) in [6, 6.07) is 7.53. The number of fused-ring (bicyclic) bond motifs is 1. The number of pyridine rings is 1. The average Bonchev–Trinajstić information content (AvgIpc) is 2.62. The maximum atomic E-state index is 12.2. The molecule has 1 aromatic heterocycles. The Balaban J connectivity index is 1.56. The van der Waals surface area contributed by atoms with Gasteiger partial charge in [0.05, 0.1) is 5.02 Å². The fourth-order valence-electron chi connectivity index (χ4n) is 3.36. The van der Waals surface area contributed by atoms with Gasteiger partial charge in [-0.3, -0.25) is 9.78 Å².